The van der Waals surface area contributed by atoms with E-state index in [1.54, 1.807) is 0 Å². The summed E-state index contributed by atoms with van der Waals surface area (Å²) in [5, 5.41) is 35.8. The summed E-state index contributed by atoms with van der Waals surface area (Å²) in [5.41, 5.74) is 3.09. The molecule has 0 bridgehead atoms. The predicted molar refractivity (Wildman–Crippen MR) is 102 cm³/mol. The molecule has 28 heavy (non-hydrogen) atoms. The fraction of sp³-hybridized carbons (Fsp3) is 0.389. The fourth-order valence-corrected chi connectivity index (χ4v) is 3.25. The first-order chi connectivity index (χ1) is 13.6. The summed E-state index contributed by atoms with van der Waals surface area (Å²) >= 11 is 0. The molecule has 2 aromatic heterocycles. The number of ether oxygens (including phenoxy) is 1. The van der Waals surface area contributed by atoms with Crippen LogP contribution in [0.5, 0.6) is 0 Å². The molecule has 0 spiro atoms. The zero-order valence-corrected chi connectivity index (χ0v) is 15.2. The highest BCUT2D eigenvalue weighted by Crippen LogP contribution is 2.32. The minimum Gasteiger partial charge on any atom is -0.394 e. The summed E-state index contributed by atoms with van der Waals surface area (Å²) in [4.78, 5) is 12.8. The summed E-state index contributed by atoms with van der Waals surface area (Å²) in [7, 11) is 1.87. The maximum Gasteiger partial charge on any atom is 0.167 e. The normalized spacial score (nSPS) is 24.6. The number of anilines is 2. The molecular weight excluding hydrogens is 364 g/mol. The van der Waals surface area contributed by atoms with E-state index in [0.29, 0.717) is 23.5 Å². The first kappa shape index (κ1) is 18.6. The lowest BCUT2D eigenvalue weighted by Crippen LogP contribution is -2.33. The maximum atomic E-state index is 10.3. The molecule has 5 N–H and O–H groups in total. The Morgan fingerprint density at radius 2 is 1.89 bits per heavy atom. The molecule has 3 aromatic rings. The third-order valence-corrected chi connectivity index (χ3v) is 4.85. The summed E-state index contributed by atoms with van der Waals surface area (Å²) in [6, 6.07) is 8.00. The smallest absolute Gasteiger partial charge is 0.167 e. The lowest BCUT2D eigenvalue weighted by molar-refractivity contribution is -0.0511. The Balaban J connectivity index is 1.56. The van der Waals surface area contributed by atoms with Gasteiger partial charge in [0.1, 0.15) is 24.6 Å². The van der Waals surface area contributed by atoms with Gasteiger partial charge in [0, 0.05) is 19.3 Å². The third kappa shape index (κ3) is 3.27. The van der Waals surface area contributed by atoms with Gasteiger partial charge in [-0.1, -0.05) is 12.1 Å². The molecule has 0 unspecified atom stereocenters. The summed E-state index contributed by atoms with van der Waals surface area (Å²) in [6.07, 6.45) is -1.27. The van der Waals surface area contributed by atoms with Gasteiger partial charge in [0.2, 0.25) is 0 Å². The average Bonchev–Trinajstić information content (AvgIpc) is 3.28. The number of aliphatic hydroxyl groups is 3. The zero-order valence-electron chi connectivity index (χ0n) is 15.2. The Morgan fingerprint density at radius 1 is 1.11 bits per heavy atom. The molecule has 0 saturated carbocycles. The number of nitrogens with one attached hydrogen (secondary N) is 2. The van der Waals surface area contributed by atoms with Crippen LogP contribution in [0.4, 0.5) is 11.5 Å². The minimum absolute atomic E-state index is 0.393. The van der Waals surface area contributed by atoms with Gasteiger partial charge in [-0.15, -0.1) is 0 Å². The van der Waals surface area contributed by atoms with Gasteiger partial charge < -0.3 is 30.7 Å². The highest BCUT2D eigenvalue weighted by atomic mass is 16.6. The van der Waals surface area contributed by atoms with Gasteiger partial charge in [0.05, 0.1) is 12.9 Å². The fourth-order valence-electron chi connectivity index (χ4n) is 3.25. The van der Waals surface area contributed by atoms with Gasteiger partial charge in [-0.2, -0.15) is 0 Å². The van der Waals surface area contributed by atoms with Crippen molar-refractivity contribution < 1.29 is 20.1 Å². The number of benzene rings is 1. The third-order valence-electron chi connectivity index (χ3n) is 4.85. The molecule has 1 aromatic carbocycles. The van der Waals surface area contributed by atoms with Crippen LogP contribution in [0.1, 0.15) is 11.8 Å². The lowest BCUT2D eigenvalue weighted by atomic mass is 10.1. The van der Waals surface area contributed by atoms with Crippen LogP contribution >= 0.6 is 0 Å². The molecule has 3 heterocycles. The second-order valence-corrected chi connectivity index (χ2v) is 6.58. The molecule has 1 aliphatic heterocycles. The Bertz CT molecular complexity index is 947. The van der Waals surface area contributed by atoms with E-state index in [-0.39, 0.29) is 0 Å². The quantitative estimate of drug-likeness (QED) is 0.399. The number of hydrogen-bond acceptors (Lipinski definition) is 9. The molecule has 0 amide bonds. The average molecular weight is 386 g/mol. The molecule has 0 radical (unpaired) electrons. The highest BCUT2D eigenvalue weighted by molar-refractivity contribution is 5.82. The van der Waals surface area contributed by atoms with Crippen molar-refractivity contribution in [1.29, 1.82) is 0 Å². The van der Waals surface area contributed by atoms with Gasteiger partial charge in [-0.3, -0.25) is 4.57 Å². The van der Waals surface area contributed by atoms with E-state index in [2.05, 4.69) is 25.6 Å². The second-order valence-electron chi connectivity index (χ2n) is 6.58. The van der Waals surface area contributed by atoms with Crippen LogP contribution in [-0.4, -0.2) is 66.8 Å². The Morgan fingerprint density at radius 3 is 2.57 bits per heavy atom. The van der Waals surface area contributed by atoms with Crippen molar-refractivity contribution in [2.75, 3.05) is 24.3 Å². The molecule has 10 heteroatoms. The van der Waals surface area contributed by atoms with E-state index in [9.17, 15) is 15.3 Å². The second kappa shape index (κ2) is 7.68. The van der Waals surface area contributed by atoms with Crippen molar-refractivity contribution in [3.63, 3.8) is 0 Å². The molecule has 1 aliphatic rings. The molecule has 10 nitrogen and oxygen atoms in total. The predicted octanol–water partition coefficient (Wildman–Crippen LogP) is 0.0916. The number of aromatic nitrogens is 4. The topological polar surface area (TPSA) is 138 Å². The van der Waals surface area contributed by atoms with E-state index in [1.807, 2.05) is 31.3 Å². The van der Waals surface area contributed by atoms with Crippen LogP contribution in [0.15, 0.2) is 36.9 Å². The van der Waals surface area contributed by atoms with Gasteiger partial charge in [-0.25, -0.2) is 15.0 Å². The minimum atomic E-state index is -1.20. The summed E-state index contributed by atoms with van der Waals surface area (Å²) in [6.45, 7) is 0.159. The van der Waals surface area contributed by atoms with Crippen LogP contribution in [0.25, 0.3) is 11.2 Å². The monoisotopic (exact) mass is 386 g/mol. The highest BCUT2D eigenvalue weighted by Gasteiger charge is 2.44. The molecule has 4 atom stereocenters. The van der Waals surface area contributed by atoms with Crippen LogP contribution in [0.3, 0.4) is 0 Å². The van der Waals surface area contributed by atoms with Crippen molar-refractivity contribution in [3.05, 3.63) is 42.5 Å². The van der Waals surface area contributed by atoms with E-state index < -0.39 is 31.1 Å². The number of fused-ring (bicyclic) bond motifs is 1. The number of rotatable bonds is 6. The molecule has 1 saturated heterocycles. The first-order valence-corrected chi connectivity index (χ1v) is 8.93. The standard InChI is InChI=1S/C18H22N6O4/c1-19-11-4-2-10(3-5-11)6-20-16-13-17(22-8-21-16)24(9-23-13)18-15(27)14(26)12(7-25)28-18/h2-5,8-9,12,14-15,18-19,25-27H,6-7H2,1H3,(H,20,21,22)/t12-,14-,15-,18-/m1/s1. The Hall–Kier alpha value is -2.79. The van der Waals surface area contributed by atoms with Crippen LogP contribution in [0.2, 0.25) is 0 Å². The van der Waals surface area contributed by atoms with Crippen LogP contribution in [0, 0.1) is 0 Å². The molecule has 148 valence electrons. The Labute approximate surface area is 160 Å². The SMILES string of the molecule is CNc1ccc(CNc2ncnc3c2ncn3[C@@H]2O[C@H](CO)[C@@H](O)[C@H]2O)cc1. The number of hydrogen-bond donors (Lipinski definition) is 5. The summed E-state index contributed by atoms with van der Waals surface area (Å²) in [5.74, 6) is 0.549. The number of aliphatic hydroxyl groups excluding tert-OH is 3. The molecule has 1 fully saturated rings. The van der Waals surface area contributed by atoms with E-state index >= 15 is 0 Å². The van der Waals surface area contributed by atoms with Gasteiger partial charge in [-0.05, 0) is 17.7 Å². The maximum absolute atomic E-state index is 10.3. The summed E-state index contributed by atoms with van der Waals surface area (Å²) < 4.78 is 7.10. The Kier molecular flexibility index (Phi) is 5.09. The van der Waals surface area contributed by atoms with Crippen molar-refractivity contribution in [1.82, 2.24) is 19.5 Å². The van der Waals surface area contributed by atoms with Crippen LogP contribution in [-0.2, 0) is 11.3 Å². The van der Waals surface area contributed by atoms with Gasteiger partial charge in [0.15, 0.2) is 23.2 Å². The lowest BCUT2D eigenvalue weighted by Gasteiger charge is -2.16. The largest absolute Gasteiger partial charge is 0.394 e. The van der Waals surface area contributed by atoms with Crippen molar-refractivity contribution >= 4 is 22.7 Å². The van der Waals surface area contributed by atoms with E-state index in [0.717, 1.165) is 11.3 Å². The van der Waals surface area contributed by atoms with Crippen molar-refractivity contribution in [2.24, 2.45) is 0 Å². The molecule has 0 aliphatic carbocycles. The van der Waals surface area contributed by atoms with Crippen molar-refractivity contribution in [3.8, 4) is 0 Å². The van der Waals surface area contributed by atoms with Gasteiger partial charge in [0.25, 0.3) is 0 Å². The van der Waals surface area contributed by atoms with E-state index in [1.165, 1.54) is 17.2 Å². The number of nitrogens with zero attached hydrogens (tertiary/aromatic N) is 4. The molecule has 4 rings (SSSR count). The molecular formula is C18H22N6O4. The van der Waals surface area contributed by atoms with Gasteiger partial charge >= 0.3 is 0 Å². The number of imidazole rings is 1. The van der Waals surface area contributed by atoms with Crippen molar-refractivity contribution in [2.45, 2.75) is 31.1 Å². The first-order valence-electron chi connectivity index (χ1n) is 8.93. The van der Waals surface area contributed by atoms with Crippen LogP contribution < -0.4 is 10.6 Å². The zero-order chi connectivity index (χ0) is 19.7. The van der Waals surface area contributed by atoms with E-state index in [4.69, 9.17) is 4.74 Å².